The first-order valence-electron chi connectivity index (χ1n) is 16.0. The third kappa shape index (κ3) is 5.92. The van der Waals surface area contributed by atoms with E-state index in [1.165, 1.54) is 22.8 Å². The highest BCUT2D eigenvalue weighted by atomic mass is 19.2. The molecule has 3 aromatic rings. The lowest BCUT2D eigenvalue weighted by Crippen LogP contribution is -2.53. The van der Waals surface area contributed by atoms with Crippen LogP contribution in [0.15, 0.2) is 72.3 Å². The van der Waals surface area contributed by atoms with Crippen LogP contribution < -0.4 is 0 Å². The highest BCUT2D eigenvalue weighted by Gasteiger charge is 2.57. The Kier molecular flexibility index (Phi) is 8.62. The van der Waals surface area contributed by atoms with Gasteiger partial charge < -0.3 is 10.2 Å². The Balaban J connectivity index is 1.41. The predicted octanol–water partition coefficient (Wildman–Crippen LogP) is 7.29. The van der Waals surface area contributed by atoms with Gasteiger partial charge >= 0.3 is 0 Å². The van der Waals surface area contributed by atoms with E-state index in [9.17, 15) is 23.8 Å². The molecule has 7 rings (SSSR count). The maximum Gasteiger partial charge on any atom is 0.193 e. The fourth-order valence-corrected chi connectivity index (χ4v) is 8.05. The zero-order valence-electron chi connectivity index (χ0n) is 25.8. The van der Waals surface area contributed by atoms with E-state index in [-0.39, 0.29) is 17.3 Å². The van der Waals surface area contributed by atoms with E-state index in [1.54, 1.807) is 0 Å². The number of carbonyl (C=O) groups is 1. The van der Waals surface area contributed by atoms with E-state index >= 15 is 0 Å². The molecule has 4 atom stereocenters. The molecule has 4 aliphatic rings. The molecule has 2 bridgehead atoms. The second-order valence-corrected chi connectivity index (χ2v) is 13.6. The normalized spacial score (nSPS) is 27.7. The number of aliphatic hydroxyl groups excluding tert-OH is 1. The molecule has 44 heavy (non-hydrogen) atoms. The molecule has 0 unspecified atom stereocenters. The first-order chi connectivity index (χ1) is 21.1. The maximum atomic E-state index is 14.3. The summed E-state index contributed by atoms with van der Waals surface area (Å²) in [6.07, 6.45) is 7.25. The lowest BCUT2D eigenvalue weighted by molar-refractivity contribution is -0.0856. The largest absolute Gasteiger partial charge is 0.393 e. The molecular weight excluding hydrogens is 556 g/mol. The van der Waals surface area contributed by atoms with E-state index in [4.69, 9.17) is 0 Å². The Labute approximate surface area is 259 Å². The van der Waals surface area contributed by atoms with Gasteiger partial charge in [0.05, 0.1) is 11.7 Å². The molecule has 3 aliphatic carbocycles. The summed E-state index contributed by atoms with van der Waals surface area (Å²) < 4.78 is 28.1. The van der Waals surface area contributed by atoms with Crippen LogP contribution in [0.25, 0.3) is 0 Å². The molecule has 0 aromatic heterocycles. The summed E-state index contributed by atoms with van der Waals surface area (Å²) in [6, 6.07) is 17.6. The Hall–Kier alpha value is -3.19. The molecule has 1 heterocycles. The summed E-state index contributed by atoms with van der Waals surface area (Å²) in [7, 11) is 0. The molecule has 6 heteroatoms. The van der Waals surface area contributed by atoms with Crippen LogP contribution in [0, 0.1) is 17.0 Å². The Morgan fingerprint density at radius 1 is 0.977 bits per heavy atom. The lowest BCUT2D eigenvalue weighted by Gasteiger charge is -2.47. The smallest absolute Gasteiger partial charge is 0.193 e. The number of allylic oxidation sites excluding steroid dienone is 2. The number of carbonyl (C=O) groups excluding carboxylic acids is 1. The number of halogens is 2. The van der Waals surface area contributed by atoms with Crippen molar-refractivity contribution in [1.82, 2.24) is 4.90 Å². The first-order valence-corrected chi connectivity index (χ1v) is 16.0. The van der Waals surface area contributed by atoms with Crippen LogP contribution in [0.4, 0.5) is 8.78 Å². The van der Waals surface area contributed by atoms with Crippen molar-refractivity contribution < 1.29 is 23.8 Å². The van der Waals surface area contributed by atoms with Crippen molar-refractivity contribution in [3.05, 3.63) is 117 Å². The third-order valence-corrected chi connectivity index (χ3v) is 10.8. The summed E-state index contributed by atoms with van der Waals surface area (Å²) >= 11 is 0. The minimum absolute atomic E-state index is 0.0875. The molecule has 1 fully saturated rings. The summed E-state index contributed by atoms with van der Waals surface area (Å²) in [5.74, 6) is -2.55. The maximum absolute atomic E-state index is 14.3. The lowest BCUT2D eigenvalue weighted by atomic mass is 9.64. The second-order valence-electron chi connectivity index (χ2n) is 13.6. The average molecular weight is 600 g/mol. The molecule has 0 radical (unpaired) electrons. The quantitative estimate of drug-likeness (QED) is 0.244. The topological polar surface area (TPSA) is 60.8 Å². The van der Waals surface area contributed by atoms with Gasteiger partial charge in [0.2, 0.25) is 0 Å². The van der Waals surface area contributed by atoms with Crippen LogP contribution in [0.5, 0.6) is 0 Å². The van der Waals surface area contributed by atoms with Crippen molar-refractivity contribution in [1.29, 1.82) is 0 Å². The number of hydrogen-bond acceptors (Lipinski definition) is 4. The molecule has 1 saturated carbocycles. The Morgan fingerprint density at radius 3 is 2.57 bits per heavy atom. The fourth-order valence-electron chi connectivity index (χ4n) is 8.05. The SMILES string of the molecule is CC1=CCC[C@@]2(C)[C@@H](CC[C@@]2(O)CN2CCc3ccccc3C2)c2ccc(cc2C(=O)c2ccc(F)c(F)c2)C[C@@H](O)CC1. The minimum atomic E-state index is -1.06. The van der Waals surface area contributed by atoms with Gasteiger partial charge in [-0.3, -0.25) is 9.69 Å². The van der Waals surface area contributed by atoms with Crippen LogP contribution in [-0.2, 0) is 19.4 Å². The average Bonchev–Trinajstić information content (AvgIpc) is 3.25. The number of ketones is 1. The standard InChI is InChI=1S/C38H43F2NO3/c1-25-6-5-17-37(2)33(15-18-38(37,44)24-41-19-16-27-7-3-4-8-29(27)23-41)31-13-10-26(20-30(42)12-9-25)21-32(31)36(43)28-11-14-34(39)35(40)22-28/h3-4,6-8,10-11,13-14,21-22,30,33,42,44H,5,9,12,15-20,23-24H2,1-2H3/t30-,33-,37-,38+/m0/s1. The molecule has 0 spiro atoms. The van der Waals surface area contributed by atoms with Crippen molar-refractivity contribution in [3.8, 4) is 0 Å². The molecule has 232 valence electrons. The van der Waals surface area contributed by atoms with Gasteiger partial charge in [-0.25, -0.2) is 8.78 Å². The minimum Gasteiger partial charge on any atom is -0.393 e. The van der Waals surface area contributed by atoms with Crippen LogP contribution in [0.2, 0.25) is 0 Å². The highest BCUT2D eigenvalue weighted by Crippen LogP contribution is 2.59. The summed E-state index contributed by atoms with van der Waals surface area (Å²) in [4.78, 5) is 16.4. The van der Waals surface area contributed by atoms with Crippen molar-refractivity contribution in [2.45, 2.75) is 89.4 Å². The molecule has 4 nitrogen and oxygen atoms in total. The highest BCUT2D eigenvalue weighted by molar-refractivity contribution is 6.10. The van der Waals surface area contributed by atoms with E-state index in [0.29, 0.717) is 37.8 Å². The number of hydrogen-bond donors (Lipinski definition) is 2. The third-order valence-electron chi connectivity index (χ3n) is 10.8. The summed E-state index contributed by atoms with van der Waals surface area (Å²) in [5.41, 5.74) is 4.57. The summed E-state index contributed by atoms with van der Waals surface area (Å²) in [6.45, 7) is 6.52. The van der Waals surface area contributed by atoms with Crippen molar-refractivity contribution >= 4 is 5.78 Å². The van der Waals surface area contributed by atoms with Gasteiger partial charge in [-0.05, 0) is 111 Å². The van der Waals surface area contributed by atoms with Crippen LogP contribution in [-0.4, -0.2) is 45.7 Å². The number of aliphatic hydroxyl groups is 2. The van der Waals surface area contributed by atoms with Crippen LogP contribution in [0.3, 0.4) is 0 Å². The van der Waals surface area contributed by atoms with Gasteiger partial charge in [0.1, 0.15) is 0 Å². The van der Waals surface area contributed by atoms with E-state index < -0.39 is 28.8 Å². The van der Waals surface area contributed by atoms with Crippen molar-refractivity contribution in [2.75, 3.05) is 13.1 Å². The number of nitrogens with zero attached hydrogens (tertiary/aromatic N) is 1. The van der Waals surface area contributed by atoms with E-state index in [2.05, 4.69) is 49.1 Å². The molecular formula is C38H43F2NO3. The zero-order chi connectivity index (χ0) is 31.1. The van der Waals surface area contributed by atoms with Gasteiger partial charge in [0.25, 0.3) is 0 Å². The van der Waals surface area contributed by atoms with E-state index in [1.807, 2.05) is 18.2 Å². The van der Waals surface area contributed by atoms with Gasteiger partial charge in [0.15, 0.2) is 17.4 Å². The van der Waals surface area contributed by atoms with Gasteiger partial charge in [-0.1, -0.05) is 55.0 Å². The first kappa shape index (κ1) is 30.8. The molecule has 0 amide bonds. The molecule has 2 N–H and O–H groups in total. The van der Waals surface area contributed by atoms with Crippen LogP contribution in [0.1, 0.15) is 96.5 Å². The van der Waals surface area contributed by atoms with Crippen molar-refractivity contribution in [3.63, 3.8) is 0 Å². The number of fused-ring (bicyclic) bond motifs is 9. The Morgan fingerprint density at radius 2 is 1.77 bits per heavy atom. The molecule has 0 saturated heterocycles. The van der Waals surface area contributed by atoms with Crippen molar-refractivity contribution in [2.24, 2.45) is 5.41 Å². The second kappa shape index (κ2) is 12.3. The van der Waals surface area contributed by atoms with Gasteiger partial charge in [0, 0.05) is 36.2 Å². The monoisotopic (exact) mass is 599 g/mol. The number of rotatable bonds is 4. The fraction of sp³-hybridized carbons (Fsp3) is 0.447. The number of β-amino-alcohol motifs (C(OH)–C–C–N with tert-alkyl or cyclic N) is 1. The summed E-state index contributed by atoms with van der Waals surface area (Å²) in [5, 5.41) is 23.5. The van der Waals surface area contributed by atoms with E-state index in [0.717, 1.165) is 62.0 Å². The van der Waals surface area contributed by atoms with Gasteiger partial charge in [-0.2, -0.15) is 0 Å². The Bertz CT molecular complexity index is 1580. The van der Waals surface area contributed by atoms with Crippen LogP contribution >= 0.6 is 0 Å². The zero-order valence-corrected chi connectivity index (χ0v) is 25.8. The predicted molar refractivity (Wildman–Crippen MR) is 169 cm³/mol. The molecule has 3 aromatic carbocycles. The van der Waals surface area contributed by atoms with Gasteiger partial charge in [-0.15, -0.1) is 0 Å². The molecule has 1 aliphatic heterocycles. The number of benzene rings is 3.